The fourth-order valence-electron chi connectivity index (χ4n) is 1.37. The number of rotatable bonds is 1. The Bertz CT molecular complexity index is 444. The van der Waals surface area contributed by atoms with Crippen molar-refractivity contribution in [3.8, 4) is 11.1 Å². The van der Waals surface area contributed by atoms with Crippen molar-refractivity contribution in [1.29, 1.82) is 0 Å². The number of hydrogen-bond donors (Lipinski definition) is 0. The zero-order valence-corrected chi connectivity index (χ0v) is 20.6. The number of halogens is 1. The number of hydrogen-bond acceptors (Lipinski definition) is 0. The van der Waals surface area contributed by atoms with Crippen LogP contribution in [0.4, 0.5) is 4.39 Å². The minimum Gasteiger partial charge on any atom is -0.286 e. The Morgan fingerprint density at radius 1 is 0.864 bits per heavy atom. The molecule has 0 N–H and O–H groups in total. The van der Waals surface area contributed by atoms with Gasteiger partial charge in [-0.25, -0.2) is 17.2 Å². The third-order valence-electron chi connectivity index (χ3n) is 2.40. The maximum Gasteiger partial charge on any atom is 0.0785 e. The van der Waals surface area contributed by atoms with Crippen LogP contribution in [0.2, 0.25) is 0 Å². The minimum atomic E-state index is 0. The molecule has 0 aromatic heterocycles. The summed E-state index contributed by atoms with van der Waals surface area (Å²) in [6.45, 7) is 12.2. The van der Waals surface area contributed by atoms with E-state index in [1.165, 1.54) is 16.7 Å². The second-order valence-electron chi connectivity index (χ2n) is 3.46. The van der Waals surface area contributed by atoms with Gasteiger partial charge in [0.1, 0.15) is 0 Å². The van der Waals surface area contributed by atoms with E-state index in [0.717, 1.165) is 5.56 Å². The normalized spacial score (nSPS) is 7.27. The Labute approximate surface area is 176 Å². The van der Waals surface area contributed by atoms with Gasteiger partial charge in [0.2, 0.25) is 0 Å². The third-order valence-corrected chi connectivity index (χ3v) is 2.40. The maximum atomic E-state index is 9.50. The summed E-state index contributed by atoms with van der Waals surface area (Å²) in [6, 6.07) is 18.8. The van der Waals surface area contributed by atoms with Gasteiger partial charge in [0, 0.05) is 53.8 Å². The largest absolute Gasteiger partial charge is 0.286 e. The third kappa shape index (κ3) is 11.7. The summed E-state index contributed by atoms with van der Waals surface area (Å²) >= 11 is 0. The van der Waals surface area contributed by atoms with Crippen LogP contribution in [0, 0.1) is 26.0 Å². The Hall–Kier alpha value is 0.162. The molecule has 0 bridgehead atoms. The predicted octanol–water partition coefficient (Wildman–Crippen LogP) is 6.20. The van der Waals surface area contributed by atoms with Crippen molar-refractivity contribution < 1.29 is 58.2 Å². The van der Waals surface area contributed by atoms with Gasteiger partial charge in [0.25, 0.3) is 0 Å². The molecule has 2 aromatic carbocycles. The zero-order chi connectivity index (χ0) is 16.0. The molecule has 0 nitrogen and oxygen atoms in total. The molecule has 0 saturated heterocycles. The molecular formula is C19H27FWY-2. The second kappa shape index (κ2) is 21.2. The SMILES string of the molecule is CC.CC.CF.Cc1[c-]c(-c2ccccc2)[c-]cc1C.[W].[Y]. The van der Waals surface area contributed by atoms with Gasteiger partial charge in [0.15, 0.2) is 0 Å². The molecule has 2 rings (SSSR count). The smallest absolute Gasteiger partial charge is 0.0785 e. The molecule has 0 heterocycles. The van der Waals surface area contributed by atoms with Gasteiger partial charge in [-0.15, -0.1) is 19.1 Å². The van der Waals surface area contributed by atoms with E-state index in [2.05, 4.69) is 38.1 Å². The van der Waals surface area contributed by atoms with Gasteiger partial charge < -0.3 is 0 Å². The van der Waals surface area contributed by atoms with E-state index in [1.807, 2.05) is 52.0 Å². The van der Waals surface area contributed by atoms with Crippen molar-refractivity contribution in [1.82, 2.24) is 0 Å². The summed E-state index contributed by atoms with van der Waals surface area (Å²) in [5.41, 5.74) is 4.66. The Morgan fingerprint density at radius 2 is 1.32 bits per heavy atom. The van der Waals surface area contributed by atoms with Crippen LogP contribution in [0.1, 0.15) is 38.8 Å². The molecule has 1 radical (unpaired) electrons. The molecular weight excluding hydrogens is 520 g/mol. The first kappa shape index (κ1) is 30.1. The van der Waals surface area contributed by atoms with Crippen molar-refractivity contribution in [3.63, 3.8) is 0 Å². The molecule has 3 heteroatoms. The fraction of sp³-hybridized carbons (Fsp3) is 0.368. The van der Waals surface area contributed by atoms with E-state index in [0.29, 0.717) is 7.18 Å². The Morgan fingerprint density at radius 3 is 1.73 bits per heavy atom. The predicted molar refractivity (Wildman–Crippen MR) is 88.8 cm³/mol. The summed E-state index contributed by atoms with van der Waals surface area (Å²) in [5, 5.41) is 0. The first-order valence-electron chi connectivity index (χ1n) is 7.12. The molecule has 0 aliphatic rings. The van der Waals surface area contributed by atoms with Gasteiger partial charge in [-0.3, -0.25) is 22.1 Å². The van der Waals surface area contributed by atoms with E-state index in [9.17, 15) is 4.39 Å². The monoisotopic (exact) mass is 547 g/mol. The molecule has 0 amide bonds. The zero-order valence-electron chi connectivity index (χ0n) is 14.8. The van der Waals surface area contributed by atoms with Crippen molar-refractivity contribution >= 4 is 0 Å². The Balaban J connectivity index is -0.000000182. The summed E-state index contributed by atoms with van der Waals surface area (Å²) in [5.74, 6) is 0. The van der Waals surface area contributed by atoms with Crippen LogP contribution in [-0.4, -0.2) is 7.18 Å². The summed E-state index contributed by atoms with van der Waals surface area (Å²) in [4.78, 5) is 0. The van der Waals surface area contributed by atoms with Crippen molar-refractivity contribution in [3.05, 3.63) is 59.7 Å². The van der Waals surface area contributed by atoms with E-state index in [-0.39, 0.29) is 53.8 Å². The van der Waals surface area contributed by atoms with E-state index >= 15 is 0 Å². The molecule has 2 aromatic rings. The Kier molecular flexibility index (Phi) is 28.9. The molecule has 22 heavy (non-hydrogen) atoms. The average molecular weight is 547 g/mol. The molecule has 0 aliphatic carbocycles. The summed E-state index contributed by atoms with van der Waals surface area (Å²) in [7, 11) is 0.500. The van der Waals surface area contributed by atoms with Gasteiger partial charge in [-0.2, -0.15) is 5.56 Å². The van der Waals surface area contributed by atoms with Crippen molar-refractivity contribution in [2.24, 2.45) is 0 Å². The van der Waals surface area contributed by atoms with Crippen LogP contribution in [-0.2, 0) is 53.8 Å². The van der Waals surface area contributed by atoms with Gasteiger partial charge in [0.05, 0.1) is 7.18 Å². The maximum absolute atomic E-state index is 9.50. The summed E-state index contributed by atoms with van der Waals surface area (Å²) < 4.78 is 9.50. The van der Waals surface area contributed by atoms with Gasteiger partial charge in [-0.1, -0.05) is 52.8 Å². The van der Waals surface area contributed by atoms with Crippen LogP contribution in [0.15, 0.2) is 36.4 Å². The average Bonchev–Trinajstić information content (AvgIpc) is 2.56. The fourth-order valence-corrected chi connectivity index (χ4v) is 1.37. The number of alkyl halides is 1. The standard InChI is InChI=1S/C14H12.2C2H6.CH3F.W.Y/c1-11-8-9-14(10-12(11)2)13-6-4-3-5-7-13;3*1-2;;/h3-8H,1-2H3;2*1-2H3;1H3;;/q-2;;;;;. The van der Waals surface area contributed by atoms with E-state index < -0.39 is 0 Å². The first-order chi connectivity index (χ1) is 9.77. The first-order valence-corrected chi connectivity index (χ1v) is 7.12. The molecule has 0 fully saturated rings. The van der Waals surface area contributed by atoms with Crippen LogP contribution >= 0.6 is 0 Å². The molecule has 0 aliphatic heterocycles. The van der Waals surface area contributed by atoms with Crippen LogP contribution in [0.3, 0.4) is 0 Å². The molecule has 0 unspecified atom stereocenters. The van der Waals surface area contributed by atoms with E-state index in [1.54, 1.807) is 0 Å². The van der Waals surface area contributed by atoms with Crippen molar-refractivity contribution in [2.45, 2.75) is 41.5 Å². The second-order valence-corrected chi connectivity index (χ2v) is 3.46. The summed E-state index contributed by atoms with van der Waals surface area (Å²) in [6.07, 6.45) is 0. The quantitative estimate of drug-likeness (QED) is 0.373. The topological polar surface area (TPSA) is 0 Å². The van der Waals surface area contributed by atoms with Crippen LogP contribution in [0.5, 0.6) is 0 Å². The molecule has 0 atom stereocenters. The molecule has 0 spiro atoms. The molecule has 121 valence electrons. The van der Waals surface area contributed by atoms with Gasteiger partial charge in [-0.05, 0) is 0 Å². The van der Waals surface area contributed by atoms with Crippen LogP contribution in [0.25, 0.3) is 11.1 Å². The van der Waals surface area contributed by atoms with E-state index in [4.69, 9.17) is 0 Å². The van der Waals surface area contributed by atoms with Crippen LogP contribution < -0.4 is 0 Å². The number of aryl methyl sites for hydroxylation is 2. The minimum absolute atomic E-state index is 0. The van der Waals surface area contributed by atoms with Gasteiger partial charge >= 0.3 is 0 Å². The number of benzene rings is 2. The molecule has 0 saturated carbocycles. The van der Waals surface area contributed by atoms with Crippen molar-refractivity contribution in [2.75, 3.05) is 7.18 Å².